The Morgan fingerprint density at radius 2 is 1.81 bits per heavy atom. The van der Waals surface area contributed by atoms with Crippen molar-refractivity contribution in [3.05, 3.63) is 36.6 Å². The Bertz CT molecular complexity index is 352. The molecule has 0 N–H and O–H groups in total. The van der Waals surface area contributed by atoms with Crippen LogP contribution in [0.25, 0.3) is 0 Å². The normalized spacial score (nSPS) is 13.3. The van der Waals surface area contributed by atoms with Crippen LogP contribution in [0.2, 0.25) is 0 Å². The molecule has 0 atom stereocenters. The van der Waals surface area contributed by atoms with Crippen LogP contribution >= 0.6 is 0 Å². The highest BCUT2D eigenvalue weighted by atomic mass is 15.1. The van der Waals surface area contributed by atoms with Crippen molar-refractivity contribution < 1.29 is 0 Å². The summed E-state index contributed by atoms with van der Waals surface area (Å²) in [5, 5.41) is 0. The zero-order valence-electron chi connectivity index (χ0n) is 14.7. The second kappa shape index (κ2) is 11.4. The number of hydrogen-bond acceptors (Lipinski definition) is 2. The minimum atomic E-state index is -0.0111. The van der Waals surface area contributed by atoms with Gasteiger partial charge in [-0.3, -0.25) is 4.99 Å². The number of allylic oxidation sites excluding steroid dienone is 4. The quantitative estimate of drug-likeness (QED) is 0.228. The van der Waals surface area contributed by atoms with Crippen molar-refractivity contribution in [1.29, 1.82) is 0 Å². The summed E-state index contributed by atoms with van der Waals surface area (Å²) in [5.74, 6) is 0. The Labute approximate surface area is 132 Å². The third-order valence-corrected chi connectivity index (χ3v) is 3.16. The summed E-state index contributed by atoms with van der Waals surface area (Å²) < 4.78 is 0. The summed E-state index contributed by atoms with van der Waals surface area (Å²) in [4.78, 5) is 6.92. The number of unbranched alkanes of at least 4 members (excludes halogenated alkanes) is 2. The van der Waals surface area contributed by atoms with Gasteiger partial charge in [0.25, 0.3) is 0 Å². The maximum Gasteiger partial charge on any atom is 0.0524 e. The number of aliphatic imine (C=N–C) groups is 1. The van der Waals surface area contributed by atoms with E-state index in [1.807, 2.05) is 12.3 Å². The minimum absolute atomic E-state index is 0.0111. The maximum absolute atomic E-state index is 4.63. The number of rotatable bonds is 10. The van der Waals surface area contributed by atoms with Crippen molar-refractivity contribution >= 4 is 6.21 Å². The standard InChI is InChI=1S/C19H34N2/c1-7-10-11-12-14-18(17-20-19(4,5)6)15-13-16-21(8-2)9-3/h7,13,15-17H,1,8-12,14H2,2-6H3/b16-13+,18-15+,20-17?. The lowest BCUT2D eigenvalue weighted by atomic mass is 10.1. The summed E-state index contributed by atoms with van der Waals surface area (Å²) in [7, 11) is 0. The van der Waals surface area contributed by atoms with Crippen molar-refractivity contribution in [3.8, 4) is 0 Å². The third-order valence-electron chi connectivity index (χ3n) is 3.16. The molecule has 0 aromatic rings. The molecule has 0 aliphatic rings. The largest absolute Gasteiger partial charge is 0.378 e. The van der Waals surface area contributed by atoms with Gasteiger partial charge in [0.15, 0.2) is 0 Å². The zero-order chi connectivity index (χ0) is 16.1. The Morgan fingerprint density at radius 3 is 2.33 bits per heavy atom. The predicted octanol–water partition coefficient (Wildman–Crippen LogP) is 5.38. The van der Waals surface area contributed by atoms with E-state index in [-0.39, 0.29) is 5.54 Å². The van der Waals surface area contributed by atoms with Crippen molar-refractivity contribution in [3.63, 3.8) is 0 Å². The first-order valence-corrected chi connectivity index (χ1v) is 8.20. The lowest BCUT2D eigenvalue weighted by Crippen LogP contribution is -2.14. The molecule has 0 aromatic heterocycles. The molecule has 0 rings (SSSR count). The van der Waals surface area contributed by atoms with E-state index in [2.05, 4.69) is 69.4 Å². The first-order chi connectivity index (χ1) is 9.92. The summed E-state index contributed by atoms with van der Waals surface area (Å²) in [6, 6.07) is 0. The molecule has 0 aliphatic carbocycles. The molecule has 21 heavy (non-hydrogen) atoms. The Hall–Kier alpha value is -1.31. The van der Waals surface area contributed by atoms with Gasteiger partial charge in [-0.1, -0.05) is 12.2 Å². The van der Waals surface area contributed by atoms with Crippen molar-refractivity contribution in [2.45, 2.75) is 65.8 Å². The molecule has 120 valence electrons. The molecule has 0 aliphatic heterocycles. The number of nitrogens with zero attached hydrogens (tertiary/aromatic N) is 2. The van der Waals surface area contributed by atoms with Gasteiger partial charge < -0.3 is 4.90 Å². The van der Waals surface area contributed by atoms with Crippen molar-refractivity contribution in [2.24, 2.45) is 4.99 Å². The summed E-state index contributed by atoms with van der Waals surface area (Å²) in [6.07, 6.45) is 15.1. The smallest absolute Gasteiger partial charge is 0.0524 e. The molecule has 0 saturated carbocycles. The van der Waals surface area contributed by atoms with E-state index < -0.39 is 0 Å². The van der Waals surface area contributed by atoms with Gasteiger partial charge in [0, 0.05) is 19.3 Å². The van der Waals surface area contributed by atoms with Gasteiger partial charge in [-0.15, -0.1) is 6.58 Å². The minimum Gasteiger partial charge on any atom is -0.378 e. The zero-order valence-corrected chi connectivity index (χ0v) is 14.7. The van der Waals surface area contributed by atoms with Gasteiger partial charge >= 0.3 is 0 Å². The third kappa shape index (κ3) is 12.2. The summed E-state index contributed by atoms with van der Waals surface area (Å²) in [5.41, 5.74) is 1.29. The van der Waals surface area contributed by atoms with E-state index in [1.54, 1.807) is 0 Å². The van der Waals surface area contributed by atoms with Crippen LogP contribution in [0, 0.1) is 0 Å². The van der Waals surface area contributed by atoms with E-state index in [0.717, 1.165) is 25.9 Å². The summed E-state index contributed by atoms with van der Waals surface area (Å²) >= 11 is 0. The Kier molecular flexibility index (Phi) is 10.7. The second-order valence-electron chi connectivity index (χ2n) is 6.27. The van der Waals surface area contributed by atoms with Crippen molar-refractivity contribution in [1.82, 2.24) is 4.90 Å². The molecule has 0 amide bonds. The van der Waals surface area contributed by atoms with Gasteiger partial charge in [0.1, 0.15) is 0 Å². The Balaban J connectivity index is 4.69. The fourth-order valence-corrected chi connectivity index (χ4v) is 1.81. The molecule has 0 saturated heterocycles. The van der Waals surface area contributed by atoms with Crippen LogP contribution in [0.3, 0.4) is 0 Å². The highest BCUT2D eigenvalue weighted by Crippen LogP contribution is 2.11. The topological polar surface area (TPSA) is 15.6 Å². The molecular weight excluding hydrogens is 256 g/mol. The number of hydrogen-bond donors (Lipinski definition) is 0. The fraction of sp³-hybridized carbons (Fsp3) is 0.632. The average Bonchev–Trinajstić information content (AvgIpc) is 2.43. The highest BCUT2D eigenvalue weighted by molar-refractivity contribution is 5.79. The molecule has 2 heteroatoms. The monoisotopic (exact) mass is 290 g/mol. The molecule has 0 unspecified atom stereocenters. The Morgan fingerprint density at radius 1 is 1.14 bits per heavy atom. The lowest BCUT2D eigenvalue weighted by Gasteiger charge is -2.14. The average molecular weight is 290 g/mol. The van der Waals surface area contributed by atoms with Gasteiger partial charge in [0.05, 0.1) is 5.54 Å². The molecule has 0 radical (unpaired) electrons. The van der Waals surface area contributed by atoms with Gasteiger partial charge in [-0.05, 0) is 78.2 Å². The van der Waals surface area contributed by atoms with Gasteiger partial charge in [0.2, 0.25) is 0 Å². The van der Waals surface area contributed by atoms with Crippen LogP contribution in [0.1, 0.15) is 60.3 Å². The van der Waals surface area contributed by atoms with Crippen LogP contribution in [0.15, 0.2) is 41.6 Å². The first kappa shape index (κ1) is 19.7. The SMILES string of the molecule is C=CCCCC/C(C=NC(C)(C)C)=C\C=C\N(CC)CC. The van der Waals surface area contributed by atoms with E-state index in [1.165, 1.54) is 18.4 Å². The first-order valence-electron chi connectivity index (χ1n) is 8.20. The van der Waals surface area contributed by atoms with Gasteiger partial charge in [-0.2, -0.15) is 0 Å². The van der Waals surface area contributed by atoms with E-state index >= 15 is 0 Å². The molecule has 0 heterocycles. The maximum atomic E-state index is 4.63. The van der Waals surface area contributed by atoms with Crippen LogP contribution in [0.5, 0.6) is 0 Å². The fourth-order valence-electron chi connectivity index (χ4n) is 1.81. The molecular formula is C19H34N2. The summed E-state index contributed by atoms with van der Waals surface area (Å²) in [6.45, 7) is 16.6. The molecule has 0 aromatic carbocycles. The molecule has 2 nitrogen and oxygen atoms in total. The van der Waals surface area contributed by atoms with Crippen LogP contribution in [0.4, 0.5) is 0 Å². The van der Waals surface area contributed by atoms with Gasteiger partial charge in [-0.25, -0.2) is 0 Å². The van der Waals surface area contributed by atoms with Crippen LogP contribution < -0.4 is 0 Å². The molecule has 0 bridgehead atoms. The highest BCUT2D eigenvalue weighted by Gasteiger charge is 2.05. The van der Waals surface area contributed by atoms with Crippen molar-refractivity contribution in [2.75, 3.05) is 13.1 Å². The van der Waals surface area contributed by atoms with E-state index in [4.69, 9.17) is 0 Å². The second-order valence-corrected chi connectivity index (χ2v) is 6.27. The van der Waals surface area contributed by atoms with E-state index in [9.17, 15) is 0 Å². The lowest BCUT2D eigenvalue weighted by molar-refractivity contribution is 0.419. The molecule has 0 spiro atoms. The van der Waals surface area contributed by atoms with E-state index in [0.29, 0.717) is 0 Å². The molecule has 0 fully saturated rings. The van der Waals surface area contributed by atoms with Crippen LogP contribution in [-0.4, -0.2) is 29.7 Å². The predicted molar refractivity (Wildman–Crippen MR) is 97.1 cm³/mol. The van der Waals surface area contributed by atoms with Crippen LogP contribution in [-0.2, 0) is 0 Å².